The molecular formula is C16H18N2O3S2. The second kappa shape index (κ2) is 8.69. The fourth-order valence-corrected chi connectivity index (χ4v) is 3.29. The van der Waals surface area contributed by atoms with E-state index < -0.39 is 5.97 Å². The zero-order valence-corrected chi connectivity index (χ0v) is 14.4. The van der Waals surface area contributed by atoms with E-state index in [9.17, 15) is 9.59 Å². The molecule has 1 amide bonds. The average Bonchev–Trinajstić information content (AvgIpc) is 3.02. The maximum atomic E-state index is 12.0. The van der Waals surface area contributed by atoms with Crippen molar-refractivity contribution in [1.82, 2.24) is 10.3 Å². The van der Waals surface area contributed by atoms with Gasteiger partial charge in [0.1, 0.15) is 0 Å². The molecule has 1 aromatic heterocycles. The number of carbonyl (C=O) groups excluding carboxylic acids is 1. The highest BCUT2D eigenvalue weighted by molar-refractivity contribution is 7.98. The molecule has 0 radical (unpaired) electrons. The van der Waals surface area contributed by atoms with Crippen LogP contribution in [0, 0.1) is 0 Å². The van der Waals surface area contributed by atoms with Crippen molar-refractivity contribution in [3.8, 4) is 0 Å². The van der Waals surface area contributed by atoms with Gasteiger partial charge in [-0.2, -0.15) is 11.8 Å². The van der Waals surface area contributed by atoms with Gasteiger partial charge < -0.3 is 10.4 Å². The molecule has 0 unspecified atom stereocenters. The molecule has 0 spiro atoms. The summed E-state index contributed by atoms with van der Waals surface area (Å²) in [5.74, 6) is 0.865. The van der Waals surface area contributed by atoms with Crippen LogP contribution in [0.2, 0.25) is 0 Å². The predicted molar refractivity (Wildman–Crippen MR) is 93.4 cm³/mol. The van der Waals surface area contributed by atoms with E-state index in [1.165, 1.54) is 22.3 Å². The van der Waals surface area contributed by atoms with Gasteiger partial charge in [-0.3, -0.25) is 4.79 Å². The molecule has 0 saturated carbocycles. The minimum Gasteiger partial charge on any atom is -0.476 e. The van der Waals surface area contributed by atoms with Gasteiger partial charge in [0.2, 0.25) is 0 Å². The van der Waals surface area contributed by atoms with Gasteiger partial charge in [0, 0.05) is 29.7 Å². The van der Waals surface area contributed by atoms with Crippen molar-refractivity contribution in [1.29, 1.82) is 0 Å². The Labute approximate surface area is 143 Å². The van der Waals surface area contributed by atoms with Crippen LogP contribution in [0.5, 0.6) is 0 Å². The largest absolute Gasteiger partial charge is 0.476 e. The number of rotatable bonds is 8. The van der Waals surface area contributed by atoms with Gasteiger partial charge in [-0.15, -0.1) is 11.3 Å². The number of hydrogen-bond donors (Lipinski definition) is 2. The number of nitrogens with zero attached hydrogens (tertiary/aromatic N) is 1. The summed E-state index contributed by atoms with van der Waals surface area (Å²) in [6.07, 6.45) is 0.523. The van der Waals surface area contributed by atoms with Gasteiger partial charge in [0.15, 0.2) is 5.69 Å². The molecule has 5 nitrogen and oxygen atoms in total. The number of hydrogen-bond acceptors (Lipinski definition) is 5. The molecule has 122 valence electrons. The topological polar surface area (TPSA) is 79.3 Å². The quantitative estimate of drug-likeness (QED) is 0.765. The minimum atomic E-state index is -1.03. The van der Waals surface area contributed by atoms with E-state index in [2.05, 4.69) is 17.2 Å². The summed E-state index contributed by atoms with van der Waals surface area (Å²) < 4.78 is 0. The number of carboxylic acid groups (broad SMARTS) is 1. The third-order valence-corrected chi connectivity index (χ3v) is 4.94. The van der Waals surface area contributed by atoms with Crippen LogP contribution in [0.1, 0.15) is 38.3 Å². The summed E-state index contributed by atoms with van der Waals surface area (Å²) in [7, 11) is 0. The van der Waals surface area contributed by atoms with Crippen LogP contribution in [-0.4, -0.2) is 34.3 Å². The van der Waals surface area contributed by atoms with Crippen LogP contribution in [-0.2, 0) is 12.2 Å². The number of amides is 1. The first-order valence-electron chi connectivity index (χ1n) is 7.22. The third kappa shape index (κ3) is 5.37. The first-order valence-corrected chi connectivity index (χ1v) is 9.26. The number of nitrogens with one attached hydrogen (secondary N) is 1. The van der Waals surface area contributed by atoms with Gasteiger partial charge in [-0.05, 0) is 23.4 Å². The van der Waals surface area contributed by atoms with Gasteiger partial charge in [0.05, 0.1) is 5.01 Å². The van der Waals surface area contributed by atoms with E-state index in [1.54, 1.807) is 0 Å². The summed E-state index contributed by atoms with van der Waals surface area (Å²) in [5.41, 5.74) is 1.88. The Morgan fingerprint density at radius 3 is 2.65 bits per heavy atom. The molecule has 0 aliphatic heterocycles. The molecule has 0 saturated heterocycles. The van der Waals surface area contributed by atoms with E-state index in [0.29, 0.717) is 23.5 Å². The smallest absolute Gasteiger partial charge is 0.355 e. The summed E-state index contributed by atoms with van der Waals surface area (Å²) >= 11 is 3.13. The van der Waals surface area contributed by atoms with E-state index in [1.807, 2.05) is 36.0 Å². The minimum absolute atomic E-state index is 0.0527. The van der Waals surface area contributed by atoms with Crippen molar-refractivity contribution in [2.45, 2.75) is 19.1 Å². The Bertz CT molecular complexity index is 668. The lowest BCUT2D eigenvalue weighted by molar-refractivity contribution is 0.0690. The van der Waals surface area contributed by atoms with E-state index >= 15 is 0 Å². The molecule has 0 bridgehead atoms. The molecule has 2 rings (SSSR count). The molecule has 2 N–H and O–H groups in total. The average molecular weight is 350 g/mol. The highest BCUT2D eigenvalue weighted by atomic mass is 32.2. The maximum absolute atomic E-state index is 12.0. The Balaban J connectivity index is 1.80. The van der Waals surface area contributed by atoms with E-state index in [4.69, 9.17) is 5.11 Å². The Morgan fingerprint density at radius 1 is 1.30 bits per heavy atom. The van der Waals surface area contributed by atoms with Gasteiger partial charge in [-0.25, -0.2) is 9.78 Å². The van der Waals surface area contributed by atoms with E-state index in [-0.39, 0.29) is 11.6 Å². The van der Waals surface area contributed by atoms with Crippen LogP contribution < -0.4 is 5.32 Å². The molecule has 1 aromatic carbocycles. The SMILES string of the molecule is CCSCc1ccc(C(=O)NCCc2nc(C(=O)O)cs2)cc1. The molecular weight excluding hydrogens is 332 g/mol. The zero-order chi connectivity index (χ0) is 16.7. The number of carbonyl (C=O) groups is 2. The highest BCUT2D eigenvalue weighted by Gasteiger charge is 2.09. The first-order chi connectivity index (χ1) is 11.1. The lowest BCUT2D eigenvalue weighted by Gasteiger charge is -2.05. The lowest BCUT2D eigenvalue weighted by atomic mass is 10.1. The van der Waals surface area contributed by atoms with Crippen LogP contribution >= 0.6 is 23.1 Å². The number of benzene rings is 1. The normalized spacial score (nSPS) is 10.5. The molecule has 0 aliphatic rings. The third-order valence-electron chi connectivity index (χ3n) is 3.08. The number of aromatic carboxylic acids is 1. The highest BCUT2D eigenvalue weighted by Crippen LogP contribution is 2.13. The summed E-state index contributed by atoms with van der Waals surface area (Å²) in [5, 5.41) is 13.8. The monoisotopic (exact) mass is 350 g/mol. The fourth-order valence-electron chi connectivity index (χ4n) is 1.88. The Morgan fingerprint density at radius 2 is 2.04 bits per heavy atom. The van der Waals surface area contributed by atoms with E-state index in [0.717, 1.165) is 11.5 Å². The summed E-state index contributed by atoms with van der Waals surface area (Å²) in [4.78, 5) is 26.8. The molecule has 0 fully saturated rings. The summed E-state index contributed by atoms with van der Waals surface area (Å²) in [6.45, 7) is 2.55. The van der Waals surface area contributed by atoms with Crippen molar-refractivity contribution in [2.75, 3.05) is 12.3 Å². The van der Waals surface area contributed by atoms with Crippen LogP contribution in [0.15, 0.2) is 29.6 Å². The standard InChI is InChI=1S/C16H18N2O3S2/c1-2-22-9-11-3-5-12(6-4-11)15(19)17-8-7-14-18-13(10-23-14)16(20)21/h3-6,10H,2,7-9H2,1H3,(H,17,19)(H,20,21). The molecule has 23 heavy (non-hydrogen) atoms. The van der Waals surface area contributed by atoms with Crippen LogP contribution in [0.25, 0.3) is 0 Å². The molecule has 2 aromatic rings. The van der Waals surface area contributed by atoms with Gasteiger partial charge >= 0.3 is 5.97 Å². The van der Waals surface area contributed by atoms with Gasteiger partial charge in [-0.1, -0.05) is 19.1 Å². The van der Waals surface area contributed by atoms with Gasteiger partial charge in [0.25, 0.3) is 5.91 Å². The van der Waals surface area contributed by atoms with Crippen LogP contribution in [0.3, 0.4) is 0 Å². The maximum Gasteiger partial charge on any atom is 0.355 e. The van der Waals surface area contributed by atoms with Crippen LogP contribution in [0.4, 0.5) is 0 Å². The molecule has 0 atom stereocenters. The van der Waals surface area contributed by atoms with Crippen molar-refractivity contribution in [2.24, 2.45) is 0 Å². The number of thioether (sulfide) groups is 1. The van der Waals surface area contributed by atoms with Crippen molar-refractivity contribution in [3.05, 3.63) is 51.5 Å². The second-order valence-corrected chi connectivity index (χ2v) is 6.99. The van der Waals surface area contributed by atoms with Crippen molar-refractivity contribution in [3.63, 3.8) is 0 Å². The number of aromatic nitrogens is 1. The second-order valence-electron chi connectivity index (χ2n) is 4.77. The molecule has 1 heterocycles. The molecule has 7 heteroatoms. The Hall–Kier alpha value is -1.86. The predicted octanol–water partition coefficient (Wildman–Crippen LogP) is 3.07. The zero-order valence-electron chi connectivity index (χ0n) is 12.7. The summed E-state index contributed by atoms with van der Waals surface area (Å²) in [6, 6.07) is 7.59. The Kier molecular flexibility index (Phi) is 6.61. The first kappa shape index (κ1) is 17.5. The molecule has 0 aliphatic carbocycles. The number of thiazole rings is 1. The number of carboxylic acids is 1. The fraction of sp³-hybridized carbons (Fsp3) is 0.312. The lowest BCUT2D eigenvalue weighted by Crippen LogP contribution is -2.25. The van der Waals surface area contributed by atoms with Crippen molar-refractivity contribution >= 4 is 35.0 Å². The van der Waals surface area contributed by atoms with Crippen molar-refractivity contribution < 1.29 is 14.7 Å².